The van der Waals surface area contributed by atoms with Gasteiger partial charge in [0.1, 0.15) is 0 Å². The Morgan fingerprint density at radius 2 is 1.77 bits per heavy atom. The average Bonchev–Trinajstić information content (AvgIpc) is 2.63. The summed E-state index contributed by atoms with van der Waals surface area (Å²) in [6.07, 6.45) is 3.43. The van der Waals surface area contributed by atoms with Crippen LogP contribution >= 0.6 is 0 Å². The number of methoxy groups -OCH3 is 2. The number of phenolic OH excluding ortho intramolecular Hbond substituents is 3. The highest BCUT2D eigenvalue weighted by molar-refractivity contribution is 5.91. The number of aromatic hydroxyl groups is 3. The van der Waals surface area contributed by atoms with Gasteiger partial charge in [0.2, 0.25) is 11.7 Å². The predicted octanol–water partition coefficient (Wildman–Crippen LogP) is 2.19. The smallest absolute Gasteiger partial charge is 0.244 e. The van der Waals surface area contributed by atoms with Crippen molar-refractivity contribution in [3.63, 3.8) is 0 Å². The van der Waals surface area contributed by atoms with E-state index in [1.807, 2.05) is 0 Å². The van der Waals surface area contributed by atoms with E-state index < -0.39 is 0 Å². The van der Waals surface area contributed by atoms with Crippen molar-refractivity contribution < 1.29 is 29.6 Å². The molecule has 26 heavy (non-hydrogen) atoms. The molecule has 0 radical (unpaired) electrons. The highest BCUT2D eigenvalue weighted by atomic mass is 16.5. The minimum atomic E-state index is -0.312. The minimum absolute atomic E-state index is 0.0293. The van der Waals surface area contributed by atoms with E-state index in [1.54, 1.807) is 24.3 Å². The van der Waals surface area contributed by atoms with Gasteiger partial charge in [-0.1, -0.05) is 6.07 Å². The van der Waals surface area contributed by atoms with Crippen molar-refractivity contribution in [1.82, 2.24) is 5.32 Å². The number of rotatable bonds is 7. The Morgan fingerprint density at radius 3 is 2.46 bits per heavy atom. The Kier molecular flexibility index (Phi) is 6.32. The number of hydrogen-bond donors (Lipinski definition) is 4. The first kappa shape index (κ1) is 19.0. The number of carbonyl (C=O) groups excluding carboxylic acids is 1. The number of nitrogens with one attached hydrogen (secondary N) is 1. The van der Waals surface area contributed by atoms with Gasteiger partial charge < -0.3 is 30.1 Å². The van der Waals surface area contributed by atoms with Crippen molar-refractivity contribution in [2.75, 3.05) is 20.8 Å². The Morgan fingerprint density at radius 1 is 1.04 bits per heavy atom. The maximum Gasteiger partial charge on any atom is 0.244 e. The van der Waals surface area contributed by atoms with Crippen molar-refractivity contribution in [2.24, 2.45) is 0 Å². The van der Waals surface area contributed by atoms with Crippen molar-refractivity contribution >= 4 is 12.0 Å². The van der Waals surface area contributed by atoms with E-state index in [2.05, 4.69) is 5.32 Å². The van der Waals surface area contributed by atoms with E-state index in [0.717, 1.165) is 0 Å². The molecule has 0 heterocycles. The zero-order valence-corrected chi connectivity index (χ0v) is 14.5. The molecule has 4 N–H and O–H groups in total. The third-order valence-corrected chi connectivity index (χ3v) is 3.68. The van der Waals surface area contributed by atoms with Gasteiger partial charge in [-0.05, 0) is 47.9 Å². The molecule has 7 nitrogen and oxygen atoms in total. The van der Waals surface area contributed by atoms with Gasteiger partial charge in [0.25, 0.3) is 0 Å². The van der Waals surface area contributed by atoms with Crippen LogP contribution in [0.5, 0.6) is 28.7 Å². The summed E-state index contributed by atoms with van der Waals surface area (Å²) < 4.78 is 9.98. The molecular formula is C19H21NO6. The second kappa shape index (κ2) is 8.66. The van der Waals surface area contributed by atoms with Gasteiger partial charge in [-0.15, -0.1) is 0 Å². The first-order chi connectivity index (χ1) is 12.4. The third-order valence-electron chi connectivity index (χ3n) is 3.68. The summed E-state index contributed by atoms with van der Waals surface area (Å²) in [4.78, 5) is 11.9. The molecule has 2 aromatic carbocycles. The number of carbonyl (C=O) groups is 1. The van der Waals surface area contributed by atoms with Crippen LogP contribution in [0.1, 0.15) is 11.1 Å². The van der Waals surface area contributed by atoms with Gasteiger partial charge in [-0.25, -0.2) is 0 Å². The predicted molar refractivity (Wildman–Crippen MR) is 96.7 cm³/mol. The quantitative estimate of drug-likeness (QED) is 0.446. The molecule has 1 amide bonds. The molecule has 0 saturated heterocycles. The second-order valence-corrected chi connectivity index (χ2v) is 5.47. The lowest BCUT2D eigenvalue weighted by molar-refractivity contribution is -0.116. The Bertz CT molecular complexity index is 816. The van der Waals surface area contributed by atoms with Crippen molar-refractivity contribution in [2.45, 2.75) is 6.42 Å². The SMILES string of the molecule is COc1cc(/C=C/C(=O)NCCc2cc(O)c(O)c(OC)c2)ccc1O. The van der Waals surface area contributed by atoms with Crippen LogP contribution in [-0.2, 0) is 11.2 Å². The van der Waals surface area contributed by atoms with Crippen LogP contribution in [-0.4, -0.2) is 42.0 Å². The Hall–Kier alpha value is -3.35. The first-order valence-electron chi connectivity index (χ1n) is 7.86. The van der Waals surface area contributed by atoms with Gasteiger partial charge >= 0.3 is 0 Å². The molecule has 0 saturated carbocycles. The van der Waals surface area contributed by atoms with Crippen LogP contribution in [0.3, 0.4) is 0 Å². The maximum absolute atomic E-state index is 11.9. The lowest BCUT2D eigenvalue weighted by Crippen LogP contribution is -2.23. The number of hydrogen-bond acceptors (Lipinski definition) is 6. The monoisotopic (exact) mass is 359 g/mol. The Labute approximate surface area is 151 Å². The van der Waals surface area contributed by atoms with E-state index >= 15 is 0 Å². The largest absolute Gasteiger partial charge is 0.504 e. The molecule has 7 heteroatoms. The lowest BCUT2D eigenvalue weighted by Gasteiger charge is -2.09. The van der Waals surface area contributed by atoms with E-state index in [4.69, 9.17) is 9.47 Å². The molecule has 0 fully saturated rings. The lowest BCUT2D eigenvalue weighted by atomic mass is 10.1. The van der Waals surface area contributed by atoms with Crippen molar-refractivity contribution in [3.05, 3.63) is 47.5 Å². The van der Waals surface area contributed by atoms with Gasteiger partial charge in [-0.2, -0.15) is 0 Å². The number of phenols is 3. The standard InChI is InChI=1S/C19H21NO6/c1-25-16-10-12(3-5-14(16)21)4-6-18(23)20-8-7-13-9-15(22)19(24)17(11-13)26-2/h3-6,9-11,21-22,24H,7-8H2,1-2H3,(H,20,23)/b6-4+. The van der Waals surface area contributed by atoms with Crippen LogP contribution in [0.25, 0.3) is 6.08 Å². The molecule has 0 atom stereocenters. The van der Waals surface area contributed by atoms with Crippen molar-refractivity contribution in [3.8, 4) is 28.7 Å². The highest BCUT2D eigenvalue weighted by Crippen LogP contribution is 2.36. The molecule has 2 aromatic rings. The van der Waals surface area contributed by atoms with Gasteiger partial charge in [0, 0.05) is 12.6 Å². The van der Waals surface area contributed by atoms with Gasteiger partial charge in [0.15, 0.2) is 23.0 Å². The minimum Gasteiger partial charge on any atom is -0.504 e. The molecular weight excluding hydrogens is 338 g/mol. The molecule has 0 bridgehead atoms. The molecule has 0 aromatic heterocycles. The summed E-state index contributed by atoms with van der Waals surface area (Å²) in [5, 5.41) is 31.5. The fourth-order valence-electron chi connectivity index (χ4n) is 2.31. The molecule has 0 aliphatic rings. The first-order valence-corrected chi connectivity index (χ1v) is 7.86. The summed E-state index contributed by atoms with van der Waals surface area (Å²) in [5.74, 6) is -0.339. The van der Waals surface area contributed by atoms with E-state index in [-0.39, 0.29) is 28.9 Å². The third kappa shape index (κ3) is 4.83. The zero-order chi connectivity index (χ0) is 19.1. The van der Waals surface area contributed by atoms with E-state index in [1.165, 1.54) is 32.4 Å². The summed E-state index contributed by atoms with van der Waals surface area (Å²) in [6.45, 7) is 0.343. The topological polar surface area (TPSA) is 108 Å². The summed E-state index contributed by atoms with van der Waals surface area (Å²) in [6, 6.07) is 7.78. The summed E-state index contributed by atoms with van der Waals surface area (Å²) in [7, 11) is 2.84. The van der Waals surface area contributed by atoms with Crippen LogP contribution in [0.4, 0.5) is 0 Å². The fraction of sp³-hybridized carbons (Fsp3) is 0.211. The van der Waals surface area contributed by atoms with Crippen LogP contribution < -0.4 is 14.8 Å². The molecule has 0 unspecified atom stereocenters. The molecule has 2 rings (SSSR count). The van der Waals surface area contributed by atoms with Gasteiger partial charge in [-0.3, -0.25) is 4.79 Å². The molecule has 0 spiro atoms. The van der Waals surface area contributed by atoms with E-state index in [0.29, 0.717) is 29.8 Å². The zero-order valence-electron chi connectivity index (χ0n) is 14.5. The Balaban J connectivity index is 1.90. The summed E-state index contributed by atoms with van der Waals surface area (Å²) >= 11 is 0. The van der Waals surface area contributed by atoms with Crippen LogP contribution in [0, 0.1) is 0 Å². The second-order valence-electron chi connectivity index (χ2n) is 5.47. The van der Waals surface area contributed by atoms with E-state index in [9.17, 15) is 20.1 Å². The number of ether oxygens (including phenoxy) is 2. The summed E-state index contributed by atoms with van der Waals surface area (Å²) in [5.41, 5.74) is 1.42. The normalized spacial score (nSPS) is 10.7. The van der Waals surface area contributed by atoms with Crippen LogP contribution in [0.2, 0.25) is 0 Å². The number of benzene rings is 2. The fourth-order valence-corrected chi connectivity index (χ4v) is 2.31. The average molecular weight is 359 g/mol. The highest BCUT2D eigenvalue weighted by Gasteiger charge is 2.09. The van der Waals surface area contributed by atoms with Crippen molar-refractivity contribution in [1.29, 1.82) is 0 Å². The maximum atomic E-state index is 11.9. The van der Waals surface area contributed by atoms with Crippen LogP contribution in [0.15, 0.2) is 36.4 Å². The van der Waals surface area contributed by atoms with Gasteiger partial charge in [0.05, 0.1) is 14.2 Å². The molecule has 0 aliphatic carbocycles. The number of amides is 1. The molecule has 138 valence electrons. The molecule has 0 aliphatic heterocycles.